The van der Waals surface area contributed by atoms with Crippen molar-refractivity contribution < 1.29 is 89.3 Å². The van der Waals surface area contributed by atoms with Crippen molar-refractivity contribution in [3.8, 4) is 0 Å². The van der Waals surface area contributed by atoms with Crippen molar-refractivity contribution in [3.05, 3.63) is 12.2 Å². The Morgan fingerprint density at radius 3 is 1.31 bits per heavy atom. The van der Waals surface area contributed by atoms with Crippen molar-refractivity contribution in [2.24, 2.45) is 0 Å². The molecule has 0 saturated carbocycles. The first-order chi connectivity index (χ1) is 15.0. The minimum absolute atomic E-state index is 0.501. The predicted molar refractivity (Wildman–Crippen MR) is 77.1 cm³/mol. The molecule has 0 spiro atoms. The lowest BCUT2D eigenvalue weighted by Gasteiger charge is -2.43. The van der Waals surface area contributed by atoms with Gasteiger partial charge in [-0.15, -0.1) is 0 Å². The summed E-state index contributed by atoms with van der Waals surface area (Å²) in [5.41, 5.74) is -0.501. The second-order valence-corrected chi connectivity index (χ2v) is 6.89. The van der Waals surface area contributed by atoms with Gasteiger partial charge in [0.1, 0.15) is 6.61 Å². The zero-order valence-electron chi connectivity index (χ0n) is 16.4. The molecule has 0 aromatic heterocycles. The molecule has 0 aromatic carbocycles. The maximum absolute atomic E-state index is 13.6. The van der Waals surface area contributed by atoms with Gasteiger partial charge in [-0.1, -0.05) is 6.58 Å². The van der Waals surface area contributed by atoms with Gasteiger partial charge in [0.05, 0.1) is 6.10 Å². The zero-order valence-corrected chi connectivity index (χ0v) is 16.4. The maximum Gasteiger partial charge on any atom is 0.460 e. The van der Waals surface area contributed by atoms with E-state index in [1.165, 1.54) is 0 Å². The van der Waals surface area contributed by atoms with E-state index >= 15 is 0 Å². The van der Waals surface area contributed by atoms with Gasteiger partial charge in [0, 0.05) is 12.0 Å². The van der Waals surface area contributed by atoms with Crippen molar-refractivity contribution in [2.75, 3.05) is 6.61 Å². The van der Waals surface area contributed by atoms with Crippen LogP contribution in [0.25, 0.3) is 0 Å². The average molecular weight is 562 g/mol. The number of halogens is 17. The molecule has 208 valence electrons. The topological polar surface area (TPSA) is 46.5 Å². The molecule has 0 aliphatic heterocycles. The van der Waals surface area contributed by atoms with Gasteiger partial charge in [0.2, 0.25) is 0 Å². The number of esters is 1. The third kappa shape index (κ3) is 5.11. The number of hydrogen-bond donors (Lipinski definition) is 1. The first-order valence-corrected chi connectivity index (χ1v) is 8.19. The summed E-state index contributed by atoms with van der Waals surface area (Å²) < 4.78 is 226. The molecule has 1 N–H and O–H groups in total. The van der Waals surface area contributed by atoms with Gasteiger partial charge >= 0.3 is 53.6 Å². The molecule has 20 heteroatoms. The number of carbonyl (C=O) groups excluding carboxylic acids is 1. The third-order valence-electron chi connectivity index (χ3n) is 4.03. The van der Waals surface area contributed by atoms with Crippen LogP contribution in [-0.2, 0) is 9.53 Å². The SMILES string of the molecule is C=C(C)C(=O)OC[C@@H](O)CC(F)(F)C(F)(F)C(F)(F)C(F)(F)C(F)(F)C(F)(F)C(F)(F)C(F)(F)F. The Balaban J connectivity index is 6.35. The fourth-order valence-corrected chi connectivity index (χ4v) is 1.97. The van der Waals surface area contributed by atoms with E-state index in [2.05, 4.69) is 11.3 Å². The number of ether oxygens (including phenoxy) is 1. The Bertz CT molecular complexity index is 799. The Kier molecular flexibility index (Phi) is 8.60. The molecule has 0 heterocycles. The monoisotopic (exact) mass is 562 g/mol. The average Bonchev–Trinajstić information content (AvgIpc) is 2.63. The van der Waals surface area contributed by atoms with Crippen LogP contribution in [0.5, 0.6) is 0 Å². The summed E-state index contributed by atoms with van der Waals surface area (Å²) in [4.78, 5) is 11.0. The molecule has 0 aliphatic carbocycles. The van der Waals surface area contributed by atoms with Crippen molar-refractivity contribution in [1.82, 2.24) is 0 Å². The van der Waals surface area contributed by atoms with Crippen LogP contribution in [0.4, 0.5) is 74.6 Å². The molecule has 35 heavy (non-hydrogen) atoms. The summed E-state index contributed by atoms with van der Waals surface area (Å²) in [7, 11) is 0. The van der Waals surface area contributed by atoms with Crippen molar-refractivity contribution in [2.45, 2.75) is 67.1 Å². The Labute approximate surface area is 182 Å². The maximum atomic E-state index is 13.6. The lowest BCUT2D eigenvalue weighted by molar-refractivity contribution is -0.462. The number of aliphatic hydroxyl groups excluding tert-OH is 1. The number of hydrogen-bond acceptors (Lipinski definition) is 3. The van der Waals surface area contributed by atoms with E-state index in [0.717, 1.165) is 6.92 Å². The number of carbonyl (C=O) groups is 1. The third-order valence-corrected chi connectivity index (χ3v) is 4.03. The summed E-state index contributed by atoms with van der Waals surface area (Å²) in [6, 6.07) is 0. The molecular formula is C15H11F17O3. The lowest BCUT2D eigenvalue weighted by Crippen LogP contribution is -2.74. The van der Waals surface area contributed by atoms with Gasteiger partial charge in [0.15, 0.2) is 0 Å². The fourth-order valence-electron chi connectivity index (χ4n) is 1.97. The summed E-state index contributed by atoms with van der Waals surface area (Å²) in [5.74, 6) is -58.9. The van der Waals surface area contributed by atoms with Crippen molar-refractivity contribution in [1.29, 1.82) is 0 Å². The van der Waals surface area contributed by atoms with Crippen LogP contribution in [0.15, 0.2) is 12.2 Å². The molecule has 0 radical (unpaired) electrons. The van der Waals surface area contributed by atoms with E-state index in [1.807, 2.05) is 0 Å². The van der Waals surface area contributed by atoms with Gasteiger partial charge in [-0.2, -0.15) is 74.6 Å². The largest absolute Gasteiger partial charge is 0.460 e. The molecule has 0 rings (SSSR count). The van der Waals surface area contributed by atoms with Crippen LogP contribution in [0.1, 0.15) is 13.3 Å². The van der Waals surface area contributed by atoms with Gasteiger partial charge in [0.25, 0.3) is 0 Å². The first-order valence-electron chi connectivity index (χ1n) is 8.19. The molecule has 0 unspecified atom stereocenters. The number of aliphatic hydroxyl groups is 1. The summed E-state index contributed by atoms with van der Waals surface area (Å²) >= 11 is 0. The molecule has 0 amide bonds. The fraction of sp³-hybridized carbons (Fsp3) is 0.800. The molecule has 0 bridgehead atoms. The van der Waals surface area contributed by atoms with Gasteiger partial charge < -0.3 is 9.84 Å². The zero-order chi connectivity index (χ0) is 28.9. The molecular weight excluding hydrogens is 551 g/mol. The van der Waals surface area contributed by atoms with Gasteiger partial charge in [-0.05, 0) is 6.92 Å². The second kappa shape index (κ2) is 9.13. The van der Waals surface area contributed by atoms with E-state index < -0.39 is 78.3 Å². The van der Waals surface area contributed by atoms with E-state index in [0.29, 0.717) is 0 Å². The Hall–Kier alpha value is -2.02. The van der Waals surface area contributed by atoms with Crippen LogP contribution in [0.2, 0.25) is 0 Å². The highest BCUT2D eigenvalue weighted by atomic mass is 19.4. The standard InChI is InChI=1S/C15H11F17O3/c1-5(2)7(34)35-4-6(33)3-8(16,17)9(18,19)10(20,21)11(22,23)12(24,25)13(26,27)14(28,29)15(30,31)32/h6,33H,1,3-4H2,2H3/t6-/m0/s1. The highest BCUT2D eigenvalue weighted by molar-refractivity contribution is 5.86. The number of rotatable bonds is 11. The number of alkyl halides is 17. The van der Waals surface area contributed by atoms with Crippen LogP contribution in [0.3, 0.4) is 0 Å². The predicted octanol–water partition coefficient (Wildman–Crippen LogP) is 5.87. The van der Waals surface area contributed by atoms with Gasteiger partial charge in [-0.25, -0.2) is 4.79 Å². The highest BCUT2D eigenvalue weighted by Gasteiger charge is 2.95. The lowest BCUT2D eigenvalue weighted by atomic mass is 9.88. The molecule has 0 fully saturated rings. The quantitative estimate of drug-likeness (QED) is 0.195. The van der Waals surface area contributed by atoms with E-state index in [1.54, 1.807) is 0 Å². The minimum atomic E-state index is -8.72. The van der Waals surface area contributed by atoms with Crippen LogP contribution < -0.4 is 0 Å². The van der Waals surface area contributed by atoms with Crippen LogP contribution in [0, 0.1) is 0 Å². The molecule has 0 aliphatic rings. The smallest absolute Gasteiger partial charge is 0.460 e. The highest BCUT2D eigenvalue weighted by Crippen LogP contribution is 2.64. The van der Waals surface area contributed by atoms with Crippen LogP contribution >= 0.6 is 0 Å². The molecule has 0 aromatic rings. The summed E-state index contributed by atoms with van der Waals surface area (Å²) in [6.45, 7) is 2.09. The summed E-state index contributed by atoms with van der Waals surface area (Å²) in [5, 5.41) is 9.09. The Morgan fingerprint density at radius 2 is 1.00 bits per heavy atom. The van der Waals surface area contributed by atoms with Crippen LogP contribution in [-0.4, -0.2) is 71.4 Å². The van der Waals surface area contributed by atoms with Crippen molar-refractivity contribution >= 4 is 5.97 Å². The van der Waals surface area contributed by atoms with Crippen molar-refractivity contribution in [3.63, 3.8) is 0 Å². The van der Waals surface area contributed by atoms with Gasteiger partial charge in [-0.3, -0.25) is 0 Å². The van der Waals surface area contributed by atoms with E-state index in [9.17, 15) is 79.4 Å². The second-order valence-electron chi connectivity index (χ2n) is 6.89. The first kappa shape index (κ1) is 33.0. The molecule has 0 saturated heterocycles. The normalized spacial score (nSPS) is 16.2. The van der Waals surface area contributed by atoms with E-state index in [-0.39, 0.29) is 0 Å². The van der Waals surface area contributed by atoms with E-state index in [4.69, 9.17) is 5.11 Å². The Morgan fingerprint density at radius 1 is 0.686 bits per heavy atom. The minimum Gasteiger partial charge on any atom is -0.460 e. The molecule has 1 atom stereocenters. The molecule has 3 nitrogen and oxygen atoms in total. The summed E-state index contributed by atoms with van der Waals surface area (Å²) in [6.07, 6.45) is -14.1.